The summed E-state index contributed by atoms with van der Waals surface area (Å²) >= 11 is 0. The lowest BCUT2D eigenvalue weighted by molar-refractivity contribution is -0.122. The van der Waals surface area contributed by atoms with Crippen LogP contribution in [0.15, 0.2) is 46.9 Å². The molecule has 1 aromatic heterocycles. The van der Waals surface area contributed by atoms with Crippen LogP contribution in [0.4, 0.5) is 11.4 Å². The first-order chi connectivity index (χ1) is 13.5. The predicted octanol–water partition coefficient (Wildman–Crippen LogP) is 3.64. The molecule has 2 N–H and O–H groups in total. The molecule has 0 radical (unpaired) electrons. The fourth-order valence-electron chi connectivity index (χ4n) is 2.87. The molecule has 2 aromatic carbocycles. The van der Waals surface area contributed by atoms with E-state index >= 15 is 0 Å². The SMILES string of the molecule is COc1ccc(-c2nnc(C(C)Nc3ccc4c(c3)NC(=O)C(C)O4)o2)cc1. The van der Waals surface area contributed by atoms with Gasteiger partial charge >= 0.3 is 0 Å². The number of carbonyl (C=O) groups excluding carboxylic acids is 1. The van der Waals surface area contributed by atoms with E-state index in [0.29, 0.717) is 23.2 Å². The Morgan fingerprint density at radius 1 is 1.18 bits per heavy atom. The van der Waals surface area contributed by atoms with Gasteiger partial charge in [-0.1, -0.05) is 0 Å². The van der Waals surface area contributed by atoms with Gasteiger partial charge in [-0.05, 0) is 56.3 Å². The molecule has 1 aliphatic rings. The highest BCUT2D eigenvalue weighted by Crippen LogP contribution is 2.33. The molecule has 0 aliphatic carbocycles. The number of ether oxygens (including phenoxy) is 2. The summed E-state index contributed by atoms with van der Waals surface area (Å²) in [7, 11) is 1.62. The van der Waals surface area contributed by atoms with E-state index < -0.39 is 6.10 Å². The molecule has 3 aromatic rings. The highest BCUT2D eigenvalue weighted by atomic mass is 16.5. The van der Waals surface area contributed by atoms with Crippen LogP contribution in [0.3, 0.4) is 0 Å². The van der Waals surface area contributed by atoms with Crippen molar-refractivity contribution >= 4 is 17.3 Å². The van der Waals surface area contributed by atoms with Crippen LogP contribution in [0.5, 0.6) is 11.5 Å². The molecular weight excluding hydrogens is 360 g/mol. The van der Waals surface area contributed by atoms with Crippen LogP contribution in [-0.4, -0.2) is 29.3 Å². The number of nitrogens with zero attached hydrogens (tertiary/aromatic N) is 2. The molecule has 0 fully saturated rings. The molecular formula is C20H20N4O4. The maximum atomic E-state index is 11.8. The van der Waals surface area contributed by atoms with Crippen LogP contribution in [0.1, 0.15) is 25.8 Å². The monoisotopic (exact) mass is 380 g/mol. The Kier molecular flexibility index (Phi) is 4.60. The van der Waals surface area contributed by atoms with E-state index in [1.807, 2.05) is 49.4 Å². The van der Waals surface area contributed by atoms with Gasteiger partial charge in [0, 0.05) is 11.3 Å². The third-order valence-corrected chi connectivity index (χ3v) is 4.44. The minimum atomic E-state index is -0.500. The van der Waals surface area contributed by atoms with Crippen LogP contribution < -0.4 is 20.1 Å². The van der Waals surface area contributed by atoms with Crippen molar-refractivity contribution in [3.05, 3.63) is 48.4 Å². The van der Waals surface area contributed by atoms with Crippen molar-refractivity contribution in [3.8, 4) is 23.0 Å². The van der Waals surface area contributed by atoms with Gasteiger partial charge in [0.15, 0.2) is 6.10 Å². The van der Waals surface area contributed by atoms with Gasteiger partial charge in [0.05, 0.1) is 12.8 Å². The third kappa shape index (κ3) is 3.48. The number of rotatable bonds is 5. The summed E-state index contributed by atoms with van der Waals surface area (Å²) in [5, 5.41) is 14.4. The highest BCUT2D eigenvalue weighted by molar-refractivity contribution is 5.98. The van der Waals surface area contributed by atoms with E-state index in [2.05, 4.69) is 20.8 Å². The molecule has 1 amide bonds. The minimum Gasteiger partial charge on any atom is -0.497 e. The van der Waals surface area contributed by atoms with E-state index in [-0.39, 0.29) is 11.9 Å². The van der Waals surface area contributed by atoms with Crippen molar-refractivity contribution in [1.29, 1.82) is 0 Å². The Bertz CT molecular complexity index is 1000. The Labute approximate surface area is 161 Å². The zero-order valence-electron chi connectivity index (χ0n) is 15.7. The number of methoxy groups -OCH3 is 1. The normalized spacial score (nSPS) is 16.5. The van der Waals surface area contributed by atoms with Crippen LogP contribution in [0.25, 0.3) is 11.5 Å². The van der Waals surface area contributed by atoms with Crippen molar-refractivity contribution in [2.75, 3.05) is 17.7 Å². The van der Waals surface area contributed by atoms with Gasteiger partial charge in [-0.3, -0.25) is 4.79 Å². The lowest BCUT2D eigenvalue weighted by Gasteiger charge is -2.24. The standard InChI is InChI=1S/C20H20N4O4/c1-11(19-23-24-20(28-19)13-4-7-15(26-3)8-5-13)21-14-6-9-17-16(10-14)22-18(25)12(2)27-17/h4-12,21H,1-3H3,(H,22,25). The molecule has 8 nitrogen and oxygen atoms in total. The Hall–Kier alpha value is -3.55. The smallest absolute Gasteiger partial charge is 0.265 e. The van der Waals surface area contributed by atoms with Crippen molar-refractivity contribution in [1.82, 2.24) is 10.2 Å². The molecule has 2 atom stereocenters. The average Bonchev–Trinajstić information content (AvgIpc) is 3.19. The lowest BCUT2D eigenvalue weighted by Crippen LogP contribution is -2.34. The first-order valence-corrected chi connectivity index (χ1v) is 8.89. The molecule has 0 bridgehead atoms. The summed E-state index contributed by atoms with van der Waals surface area (Å²) < 4.78 is 16.5. The summed E-state index contributed by atoms with van der Waals surface area (Å²) in [6.07, 6.45) is -0.500. The van der Waals surface area contributed by atoms with Crippen LogP contribution in [-0.2, 0) is 4.79 Å². The molecule has 28 heavy (non-hydrogen) atoms. The Balaban J connectivity index is 1.48. The van der Waals surface area contributed by atoms with Crippen LogP contribution in [0.2, 0.25) is 0 Å². The molecule has 2 unspecified atom stereocenters. The second-order valence-electron chi connectivity index (χ2n) is 6.50. The maximum Gasteiger partial charge on any atom is 0.265 e. The molecule has 144 valence electrons. The van der Waals surface area contributed by atoms with Crippen LogP contribution in [0, 0.1) is 0 Å². The van der Waals surface area contributed by atoms with Gasteiger partial charge in [0.25, 0.3) is 5.91 Å². The zero-order chi connectivity index (χ0) is 19.7. The number of aromatic nitrogens is 2. The lowest BCUT2D eigenvalue weighted by atomic mass is 10.2. The van der Waals surface area contributed by atoms with Crippen molar-refractivity contribution in [3.63, 3.8) is 0 Å². The molecule has 8 heteroatoms. The van der Waals surface area contributed by atoms with Gasteiger partial charge < -0.3 is 24.5 Å². The molecule has 0 saturated carbocycles. The van der Waals surface area contributed by atoms with Gasteiger partial charge in [0.1, 0.15) is 17.5 Å². The van der Waals surface area contributed by atoms with Gasteiger partial charge in [-0.2, -0.15) is 0 Å². The van der Waals surface area contributed by atoms with Crippen molar-refractivity contribution in [2.45, 2.75) is 26.0 Å². The fraction of sp³-hybridized carbons (Fsp3) is 0.250. The van der Waals surface area contributed by atoms with E-state index in [1.165, 1.54) is 0 Å². The summed E-state index contributed by atoms with van der Waals surface area (Å²) in [6, 6.07) is 12.7. The summed E-state index contributed by atoms with van der Waals surface area (Å²) in [5.74, 6) is 2.13. The quantitative estimate of drug-likeness (QED) is 0.697. The molecule has 0 spiro atoms. The minimum absolute atomic E-state index is 0.168. The maximum absolute atomic E-state index is 11.8. The van der Waals surface area contributed by atoms with Crippen LogP contribution >= 0.6 is 0 Å². The second kappa shape index (κ2) is 7.22. The number of carbonyl (C=O) groups is 1. The Morgan fingerprint density at radius 2 is 1.96 bits per heavy atom. The molecule has 1 aliphatic heterocycles. The van der Waals surface area contributed by atoms with Crippen molar-refractivity contribution < 1.29 is 18.7 Å². The van der Waals surface area contributed by atoms with E-state index in [9.17, 15) is 4.79 Å². The average molecular weight is 380 g/mol. The molecule has 4 rings (SSSR count). The number of benzene rings is 2. The summed E-state index contributed by atoms with van der Waals surface area (Å²) in [4.78, 5) is 11.8. The summed E-state index contributed by atoms with van der Waals surface area (Å²) in [5.41, 5.74) is 2.24. The first-order valence-electron chi connectivity index (χ1n) is 8.89. The Morgan fingerprint density at radius 3 is 2.71 bits per heavy atom. The number of hydrogen-bond donors (Lipinski definition) is 2. The van der Waals surface area contributed by atoms with E-state index in [4.69, 9.17) is 13.9 Å². The van der Waals surface area contributed by atoms with E-state index in [0.717, 1.165) is 17.0 Å². The number of fused-ring (bicyclic) bond motifs is 1. The summed E-state index contributed by atoms with van der Waals surface area (Å²) in [6.45, 7) is 3.63. The van der Waals surface area contributed by atoms with Gasteiger partial charge in [0.2, 0.25) is 11.8 Å². The fourth-order valence-corrected chi connectivity index (χ4v) is 2.87. The zero-order valence-corrected chi connectivity index (χ0v) is 15.7. The van der Waals surface area contributed by atoms with E-state index in [1.54, 1.807) is 14.0 Å². The second-order valence-corrected chi connectivity index (χ2v) is 6.50. The van der Waals surface area contributed by atoms with Gasteiger partial charge in [-0.15, -0.1) is 10.2 Å². The molecule has 0 saturated heterocycles. The molecule has 2 heterocycles. The predicted molar refractivity (Wildman–Crippen MR) is 103 cm³/mol. The first kappa shape index (κ1) is 17.8. The highest BCUT2D eigenvalue weighted by Gasteiger charge is 2.24. The number of amides is 1. The third-order valence-electron chi connectivity index (χ3n) is 4.44. The number of hydrogen-bond acceptors (Lipinski definition) is 7. The topological polar surface area (TPSA) is 98.5 Å². The number of nitrogens with one attached hydrogen (secondary N) is 2. The number of anilines is 2. The van der Waals surface area contributed by atoms with Crippen molar-refractivity contribution in [2.24, 2.45) is 0 Å². The largest absolute Gasteiger partial charge is 0.497 e. The van der Waals surface area contributed by atoms with Gasteiger partial charge in [-0.25, -0.2) is 0 Å².